The summed E-state index contributed by atoms with van der Waals surface area (Å²) in [6.45, 7) is 17.9. The van der Waals surface area contributed by atoms with Crippen LogP contribution in [0.15, 0.2) is 0 Å². The van der Waals surface area contributed by atoms with E-state index >= 15 is 0 Å². The van der Waals surface area contributed by atoms with Gasteiger partial charge in [0.25, 0.3) is 0 Å². The van der Waals surface area contributed by atoms with Crippen LogP contribution in [0, 0.1) is 11.3 Å². The van der Waals surface area contributed by atoms with E-state index in [-0.39, 0.29) is 0 Å². The highest BCUT2D eigenvalue weighted by Crippen LogP contribution is 2.24. The van der Waals surface area contributed by atoms with Gasteiger partial charge in [-0.05, 0) is 50.9 Å². The number of hydrogen-bond donors (Lipinski definition) is 1. The van der Waals surface area contributed by atoms with Gasteiger partial charge in [0.15, 0.2) is 0 Å². The van der Waals surface area contributed by atoms with E-state index in [0.29, 0.717) is 5.41 Å². The van der Waals surface area contributed by atoms with Gasteiger partial charge in [0, 0.05) is 26.2 Å². The van der Waals surface area contributed by atoms with E-state index in [9.17, 15) is 0 Å². The van der Waals surface area contributed by atoms with Crippen LogP contribution in [-0.4, -0.2) is 62.7 Å². The highest BCUT2D eigenvalue weighted by atomic mass is 15.2. The van der Waals surface area contributed by atoms with Crippen LogP contribution in [-0.2, 0) is 0 Å². The molecule has 0 aromatic carbocycles. The van der Waals surface area contributed by atoms with E-state index in [1.807, 2.05) is 0 Å². The molecule has 0 bridgehead atoms. The molecule has 120 valence electrons. The predicted molar refractivity (Wildman–Crippen MR) is 89.3 cm³/mol. The Morgan fingerprint density at radius 1 is 1.15 bits per heavy atom. The summed E-state index contributed by atoms with van der Waals surface area (Å²) in [5.41, 5.74) is 0.423. The van der Waals surface area contributed by atoms with Gasteiger partial charge in [0.2, 0.25) is 0 Å². The van der Waals surface area contributed by atoms with E-state index in [1.165, 1.54) is 52.0 Å². The Hall–Kier alpha value is -0.120. The smallest absolute Gasteiger partial charge is 0.0109 e. The maximum Gasteiger partial charge on any atom is 0.0109 e. The van der Waals surface area contributed by atoms with Gasteiger partial charge in [-0.15, -0.1) is 0 Å². The van der Waals surface area contributed by atoms with Crippen LogP contribution in [0.25, 0.3) is 0 Å². The molecule has 1 unspecified atom stereocenters. The molecular weight excluding hydrogens is 246 g/mol. The van der Waals surface area contributed by atoms with Crippen molar-refractivity contribution in [1.29, 1.82) is 0 Å². The molecule has 1 rings (SSSR count). The molecule has 1 saturated heterocycles. The molecular formula is C17H37N3. The molecule has 0 aromatic rings. The molecule has 0 amide bonds. The topological polar surface area (TPSA) is 18.5 Å². The van der Waals surface area contributed by atoms with Crippen LogP contribution in [0.1, 0.15) is 47.0 Å². The summed E-state index contributed by atoms with van der Waals surface area (Å²) in [5, 5.41) is 3.69. The first-order valence-corrected chi connectivity index (χ1v) is 8.57. The monoisotopic (exact) mass is 283 g/mol. The quantitative estimate of drug-likeness (QED) is 0.739. The normalized spacial score (nSPS) is 21.9. The number of hydrogen-bond acceptors (Lipinski definition) is 3. The Balaban J connectivity index is 2.46. The summed E-state index contributed by atoms with van der Waals surface area (Å²) in [6.07, 6.45) is 3.93. The Morgan fingerprint density at radius 3 is 2.55 bits per heavy atom. The lowest BCUT2D eigenvalue weighted by Crippen LogP contribution is -2.44. The lowest BCUT2D eigenvalue weighted by Gasteiger charge is -2.35. The molecule has 0 saturated carbocycles. The zero-order valence-electron chi connectivity index (χ0n) is 14.5. The number of rotatable bonds is 8. The predicted octanol–water partition coefficient (Wildman–Crippen LogP) is 2.68. The second-order valence-electron chi connectivity index (χ2n) is 7.52. The zero-order valence-corrected chi connectivity index (χ0v) is 14.5. The third kappa shape index (κ3) is 7.05. The molecule has 20 heavy (non-hydrogen) atoms. The van der Waals surface area contributed by atoms with Gasteiger partial charge in [0.1, 0.15) is 0 Å². The summed E-state index contributed by atoms with van der Waals surface area (Å²) < 4.78 is 0. The molecule has 0 aromatic heterocycles. The van der Waals surface area contributed by atoms with Crippen molar-refractivity contribution in [2.24, 2.45) is 11.3 Å². The number of likely N-dealkylation sites (N-methyl/N-ethyl adjacent to an activating group) is 1. The summed E-state index contributed by atoms with van der Waals surface area (Å²) >= 11 is 0. The molecule has 1 fully saturated rings. The zero-order chi connectivity index (χ0) is 15.0. The Kier molecular flexibility index (Phi) is 8.08. The molecule has 1 atom stereocenters. The lowest BCUT2D eigenvalue weighted by atomic mass is 9.84. The van der Waals surface area contributed by atoms with Crippen molar-refractivity contribution in [2.45, 2.75) is 47.0 Å². The van der Waals surface area contributed by atoms with Crippen LogP contribution in [0.2, 0.25) is 0 Å². The highest BCUT2D eigenvalue weighted by Gasteiger charge is 2.26. The van der Waals surface area contributed by atoms with E-state index in [2.05, 4.69) is 49.9 Å². The van der Waals surface area contributed by atoms with Crippen LogP contribution in [0.5, 0.6) is 0 Å². The first-order valence-electron chi connectivity index (χ1n) is 8.57. The summed E-state index contributed by atoms with van der Waals surface area (Å²) in [6, 6.07) is 0. The molecule has 1 aliphatic rings. The maximum atomic E-state index is 3.69. The Labute approximate surface area is 127 Å². The third-order valence-electron chi connectivity index (χ3n) is 4.38. The highest BCUT2D eigenvalue weighted by molar-refractivity contribution is 4.82. The minimum Gasteiger partial charge on any atom is -0.316 e. The summed E-state index contributed by atoms with van der Waals surface area (Å²) in [5.74, 6) is 0.743. The second kappa shape index (κ2) is 9.01. The van der Waals surface area contributed by atoms with Gasteiger partial charge in [-0.25, -0.2) is 0 Å². The molecule has 0 spiro atoms. The van der Waals surface area contributed by atoms with E-state index in [1.54, 1.807) is 0 Å². The molecule has 1 N–H and O–H groups in total. The minimum absolute atomic E-state index is 0.423. The van der Waals surface area contributed by atoms with Crippen molar-refractivity contribution < 1.29 is 0 Å². The van der Waals surface area contributed by atoms with Crippen molar-refractivity contribution in [3.8, 4) is 0 Å². The molecule has 1 heterocycles. The molecule has 1 aliphatic heterocycles. The van der Waals surface area contributed by atoms with Gasteiger partial charge < -0.3 is 15.1 Å². The summed E-state index contributed by atoms with van der Waals surface area (Å²) in [4.78, 5) is 5.16. The average molecular weight is 284 g/mol. The molecule has 0 aliphatic carbocycles. The van der Waals surface area contributed by atoms with Crippen molar-refractivity contribution in [1.82, 2.24) is 15.1 Å². The van der Waals surface area contributed by atoms with Gasteiger partial charge in [-0.1, -0.05) is 34.1 Å². The Morgan fingerprint density at radius 2 is 1.90 bits per heavy atom. The van der Waals surface area contributed by atoms with Crippen molar-refractivity contribution in [3.05, 3.63) is 0 Å². The van der Waals surface area contributed by atoms with Crippen LogP contribution in [0.4, 0.5) is 0 Å². The van der Waals surface area contributed by atoms with Gasteiger partial charge in [-0.3, -0.25) is 0 Å². The molecule has 0 radical (unpaired) electrons. The maximum absolute atomic E-state index is 3.69. The largest absolute Gasteiger partial charge is 0.316 e. The van der Waals surface area contributed by atoms with Crippen molar-refractivity contribution >= 4 is 0 Å². The first kappa shape index (κ1) is 17.9. The fourth-order valence-corrected chi connectivity index (χ4v) is 3.29. The molecule has 3 heteroatoms. The minimum atomic E-state index is 0.423. The standard InChI is InChI=1S/C17H37N3/c1-6-8-17(4,14-18-13-16(2)3)15-20-10-7-9-19(5)11-12-20/h16,18H,6-15H2,1-5H3. The third-order valence-corrected chi connectivity index (χ3v) is 4.38. The van der Waals surface area contributed by atoms with E-state index in [4.69, 9.17) is 0 Å². The van der Waals surface area contributed by atoms with Crippen molar-refractivity contribution in [3.63, 3.8) is 0 Å². The van der Waals surface area contributed by atoms with Gasteiger partial charge in [-0.2, -0.15) is 0 Å². The summed E-state index contributed by atoms with van der Waals surface area (Å²) in [7, 11) is 2.25. The van der Waals surface area contributed by atoms with Crippen LogP contribution < -0.4 is 5.32 Å². The van der Waals surface area contributed by atoms with Gasteiger partial charge in [0.05, 0.1) is 0 Å². The van der Waals surface area contributed by atoms with Gasteiger partial charge >= 0.3 is 0 Å². The number of nitrogens with one attached hydrogen (secondary N) is 1. The molecule has 3 nitrogen and oxygen atoms in total. The van der Waals surface area contributed by atoms with Crippen LogP contribution >= 0.6 is 0 Å². The van der Waals surface area contributed by atoms with Crippen LogP contribution in [0.3, 0.4) is 0 Å². The number of nitrogens with zero attached hydrogens (tertiary/aromatic N) is 2. The van der Waals surface area contributed by atoms with E-state index in [0.717, 1.165) is 19.0 Å². The Bertz CT molecular complexity index is 255. The fourth-order valence-electron chi connectivity index (χ4n) is 3.29. The second-order valence-corrected chi connectivity index (χ2v) is 7.52. The SMILES string of the molecule is CCCC(C)(CNCC(C)C)CN1CCCN(C)CC1. The van der Waals surface area contributed by atoms with E-state index < -0.39 is 0 Å². The lowest BCUT2D eigenvalue weighted by molar-refractivity contribution is 0.152. The van der Waals surface area contributed by atoms with Crippen molar-refractivity contribution in [2.75, 3.05) is 52.9 Å². The fraction of sp³-hybridized carbons (Fsp3) is 1.00. The first-order chi connectivity index (χ1) is 9.45. The average Bonchev–Trinajstić information content (AvgIpc) is 2.54.